The van der Waals surface area contributed by atoms with E-state index in [1.165, 1.54) is 0 Å². The van der Waals surface area contributed by atoms with Gasteiger partial charge in [0, 0.05) is 19.2 Å². The van der Waals surface area contributed by atoms with Gasteiger partial charge in [0.2, 0.25) is 0 Å². The minimum atomic E-state index is -5.00. The molecule has 0 radical (unpaired) electrons. The van der Waals surface area contributed by atoms with Gasteiger partial charge in [0.15, 0.2) is 6.35 Å². The van der Waals surface area contributed by atoms with Crippen LogP contribution < -0.4 is 16.0 Å². The van der Waals surface area contributed by atoms with E-state index in [0.717, 1.165) is 7.05 Å². The second-order valence-electron chi connectivity index (χ2n) is 5.21. The number of halogens is 5. The molecule has 2 aromatic rings. The van der Waals surface area contributed by atoms with Crippen LogP contribution in [-0.4, -0.2) is 25.3 Å². The van der Waals surface area contributed by atoms with Crippen LogP contribution in [0.25, 0.3) is 5.69 Å². The molecule has 27 heavy (non-hydrogen) atoms. The molecule has 0 unspecified atom stereocenters. The molecule has 0 aliphatic rings. The lowest BCUT2D eigenvalue weighted by molar-refractivity contribution is -0.144. The van der Waals surface area contributed by atoms with Gasteiger partial charge in [-0.05, 0) is 6.07 Å². The topological polar surface area (TPSA) is 111 Å². The van der Waals surface area contributed by atoms with E-state index >= 15 is 0 Å². The Hall–Kier alpha value is -2.14. The van der Waals surface area contributed by atoms with Crippen molar-refractivity contribution in [2.45, 2.75) is 6.18 Å². The van der Waals surface area contributed by atoms with Gasteiger partial charge in [-0.15, -0.1) is 0 Å². The highest BCUT2D eigenvalue weighted by molar-refractivity contribution is 7.51. The van der Waals surface area contributed by atoms with E-state index in [9.17, 15) is 31.7 Å². The average molecular weight is 433 g/mol. The van der Waals surface area contributed by atoms with Gasteiger partial charge in [-0.2, -0.15) is 13.2 Å². The second kappa shape index (κ2) is 7.12. The zero-order chi connectivity index (χ0) is 20.7. The summed E-state index contributed by atoms with van der Waals surface area (Å²) in [5.74, 6) is -1.74. The molecule has 1 aromatic carbocycles. The van der Waals surface area contributed by atoms with E-state index in [0.29, 0.717) is 12.1 Å². The summed E-state index contributed by atoms with van der Waals surface area (Å²) < 4.78 is 68.6. The zero-order valence-electron chi connectivity index (χ0n) is 13.2. The van der Waals surface area contributed by atoms with Crippen LogP contribution in [0.1, 0.15) is 5.69 Å². The minimum absolute atomic E-state index is 0.102. The highest BCUT2D eigenvalue weighted by Crippen LogP contribution is 2.37. The van der Waals surface area contributed by atoms with Gasteiger partial charge in [0.25, 0.3) is 5.56 Å². The van der Waals surface area contributed by atoms with E-state index in [1.54, 1.807) is 0 Å². The number of ether oxygens (including phenoxy) is 1. The fourth-order valence-corrected chi connectivity index (χ4v) is 2.59. The molecule has 2 rings (SSSR count). The van der Waals surface area contributed by atoms with Crippen molar-refractivity contribution in [1.29, 1.82) is 0 Å². The molecule has 0 fully saturated rings. The maximum atomic E-state index is 14.2. The molecule has 0 saturated carbocycles. The first-order valence-corrected chi connectivity index (χ1v) is 8.97. The monoisotopic (exact) mass is 432 g/mol. The molecular weight excluding hydrogens is 423 g/mol. The van der Waals surface area contributed by atoms with Crippen molar-refractivity contribution in [3.05, 3.63) is 55.6 Å². The third-order valence-electron chi connectivity index (χ3n) is 3.24. The van der Waals surface area contributed by atoms with Crippen molar-refractivity contribution in [2.75, 3.05) is 6.35 Å². The van der Waals surface area contributed by atoms with Crippen molar-refractivity contribution in [3.63, 3.8) is 0 Å². The molecule has 0 aliphatic carbocycles. The lowest BCUT2D eigenvalue weighted by Crippen LogP contribution is -2.41. The van der Waals surface area contributed by atoms with Gasteiger partial charge < -0.3 is 14.5 Å². The van der Waals surface area contributed by atoms with Crippen LogP contribution in [0.2, 0.25) is 5.02 Å². The highest BCUT2D eigenvalue weighted by atomic mass is 35.5. The maximum absolute atomic E-state index is 14.2. The number of rotatable bonds is 4. The fourth-order valence-electron chi connectivity index (χ4n) is 2.07. The normalized spacial score (nSPS) is 12.3. The number of nitrogens with zero attached hydrogens (tertiary/aromatic N) is 2. The van der Waals surface area contributed by atoms with Gasteiger partial charge in [-0.1, -0.05) is 11.6 Å². The average Bonchev–Trinajstić information content (AvgIpc) is 2.49. The number of alkyl halides is 3. The summed E-state index contributed by atoms with van der Waals surface area (Å²) in [6.07, 6.45) is -6.14. The Balaban J connectivity index is 2.69. The van der Waals surface area contributed by atoms with Gasteiger partial charge in [-0.25, -0.2) is 13.8 Å². The summed E-state index contributed by atoms with van der Waals surface area (Å²) in [5.41, 5.74) is -5.33. The molecule has 0 aliphatic heterocycles. The summed E-state index contributed by atoms with van der Waals surface area (Å²) in [5, 5.41) is -0.443. The van der Waals surface area contributed by atoms with Gasteiger partial charge in [0.1, 0.15) is 17.3 Å². The molecule has 0 bridgehead atoms. The molecule has 0 spiro atoms. The molecule has 148 valence electrons. The van der Waals surface area contributed by atoms with Crippen LogP contribution in [0.4, 0.5) is 17.6 Å². The largest absolute Gasteiger partial charge is 0.479 e. The maximum Gasteiger partial charge on any atom is 0.431 e. The predicted octanol–water partition coefficient (Wildman–Crippen LogP) is 1.86. The number of hydrogen-bond donors (Lipinski definition) is 2. The lowest BCUT2D eigenvalue weighted by Gasteiger charge is -2.15. The van der Waals surface area contributed by atoms with Gasteiger partial charge in [-0.3, -0.25) is 13.9 Å². The first-order chi connectivity index (χ1) is 12.2. The summed E-state index contributed by atoms with van der Waals surface area (Å²) in [6.45, 7) is 0. The van der Waals surface area contributed by atoms with E-state index in [2.05, 4.69) is 0 Å². The molecule has 1 heterocycles. The Morgan fingerprint density at radius 2 is 1.81 bits per heavy atom. The smallest absolute Gasteiger partial charge is 0.431 e. The SMILES string of the molecule is Cn1c(C(F)(F)F)cc(=O)n(-c2cc(OCP(=O)(O)O)c(Cl)cc2F)c1=O. The van der Waals surface area contributed by atoms with Crippen LogP contribution in [0.5, 0.6) is 5.75 Å². The van der Waals surface area contributed by atoms with Crippen LogP contribution in [-0.2, 0) is 17.8 Å². The van der Waals surface area contributed by atoms with E-state index in [1.807, 2.05) is 0 Å². The molecule has 0 atom stereocenters. The summed E-state index contributed by atoms with van der Waals surface area (Å²) >= 11 is 5.68. The number of benzene rings is 1. The third-order valence-corrected chi connectivity index (χ3v) is 4.00. The molecular formula is C13H10ClF4N2O6P. The molecule has 2 N–H and O–H groups in total. The predicted molar refractivity (Wildman–Crippen MR) is 84.8 cm³/mol. The van der Waals surface area contributed by atoms with Crippen molar-refractivity contribution in [1.82, 2.24) is 9.13 Å². The van der Waals surface area contributed by atoms with Crippen molar-refractivity contribution in [3.8, 4) is 11.4 Å². The Morgan fingerprint density at radius 1 is 1.22 bits per heavy atom. The quantitative estimate of drug-likeness (QED) is 0.563. The van der Waals surface area contributed by atoms with E-state index < -0.39 is 59.3 Å². The summed E-state index contributed by atoms with van der Waals surface area (Å²) in [7, 11) is -3.90. The second-order valence-corrected chi connectivity index (χ2v) is 7.21. The van der Waals surface area contributed by atoms with Crippen molar-refractivity contribution in [2.24, 2.45) is 7.05 Å². The Morgan fingerprint density at radius 3 is 2.33 bits per heavy atom. The minimum Gasteiger partial charge on any atom is -0.479 e. The van der Waals surface area contributed by atoms with Crippen molar-refractivity contribution >= 4 is 19.2 Å². The molecule has 1 aromatic heterocycles. The number of hydrogen-bond acceptors (Lipinski definition) is 4. The molecule has 0 saturated heterocycles. The summed E-state index contributed by atoms with van der Waals surface area (Å²) in [4.78, 5) is 41.8. The first-order valence-electron chi connectivity index (χ1n) is 6.79. The molecule has 14 heteroatoms. The van der Waals surface area contributed by atoms with Gasteiger partial charge >= 0.3 is 19.5 Å². The standard InChI is InChI=1S/C13H10ClF4N2O6P/c1-19-10(13(16,17)18)4-11(21)20(12(19)22)8-3-9(6(14)2-7(8)15)26-5-27(23,24)25/h2-4H,5H2,1H3,(H2,23,24,25). The van der Waals surface area contributed by atoms with Crippen LogP contribution in [0.15, 0.2) is 27.8 Å². The van der Waals surface area contributed by atoms with Gasteiger partial charge in [0.05, 0.1) is 10.7 Å². The van der Waals surface area contributed by atoms with Crippen LogP contribution in [0.3, 0.4) is 0 Å². The molecule has 8 nitrogen and oxygen atoms in total. The first kappa shape index (κ1) is 21.2. The zero-order valence-corrected chi connectivity index (χ0v) is 14.8. The lowest BCUT2D eigenvalue weighted by atomic mass is 10.2. The Kier molecular flexibility index (Phi) is 5.58. The van der Waals surface area contributed by atoms with Crippen LogP contribution >= 0.6 is 19.2 Å². The summed E-state index contributed by atoms with van der Waals surface area (Å²) in [6, 6.07) is 1.35. The van der Waals surface area contributed by atoms with Crippen molar-refractivity contribution < 1.29 is 36.7 Å². The highest BCUT2D eigenvalue weighted by Gasteiger charge is 2.35. The number of aromatic nitrogens is 2. The Bertz CT molecular complexity index is 1060. The van der Waals surface area contributed by atoms with E-state index in [4.69, 9.17) is 26.1 Å². The van der Waals surface area contributed by atoms with E-state index in [-0.39, 0.29) is 15.2 Å². The molecule has 0 amide bonds. The third kappa shape index (κ3) is 4.59. The van der Waals surface area contributed by atoms with Crippen LogP contribution in [0, 0.1) is 5.82 Å². The fraction of sp³-hybridized carbons (Fsp3) is 0.231. The Labute approximate surface area is 152 Å².